The Hall–Kier alpha value is -2.58. The van der Waals surface area contributed by atoms with Gasteiger partial charge >= 0.3 is 5.97 Å². The summed E-state index contributed by atoms with van der Waals surface area (Å²) in [6.07, 6.45) is -0.478. The molecule has 0 fully saturated rings. The average Bonchev–Trinajstić information content (AvgIpc) is 2.66. The lowest BCUT2D eigenvalue weighted by Gasteiger charge is -2.14. The molecule has 7 nitrogen and oxygen atoms in total. The summed E-state index contributed by atoms with van der Waals surface area (Å²) >= 11 is 0. The molecular formula is C18H21NO6S. The zero-order valence-corrected chi connectivity index (χ0v) is 15.6. The Morgan fingerprint density at radius 3 is 2.31 bits per heavy atom. The van der Waals surface area contributed by atoms with Crippen LogP contribution in [-0.2, 0) is 19.6 Å². The number of nitrogens with one attached hydrogen (secondary N) is 1. The largest absolute Gasteiger partial charge is 0.493 e. The number of benzene rings is 2. The van der Waals surface area contributed by atoms with E-state index in [4.69, 9.17) is 14.2 Å². The summed E-state index contributed by atoms with van der Waals surface area (Å²) < 4.78 is 42.3. The standard InChI is InChI=1S/C18H21NO6S/c1-13(14-7-5-4-6-8-14)25-18(20)12-19-26(21,22)15-9-10-16(23-2)17(11-15)24-3/h4-11,13,19H,12H2,1-3H3/t13-/m0/s1. The highest BCUT2D eigenvalue weighted by Gasteiger charge is 2.19. The van der Waals surface area contributed by atoms with Crippen molar-refractivity contribution in [3.05, 3.63) is 54.1 Å². The Labute approximate surface area is 152 Å². The van der Waals surface area contributed by atoms with Gasteiger partial charge in [-0.05, 0) is 24.6 Å². The SMILES string of the molecule is COc1ccc(S(=O)(=O)NCC(=O)O[C@@H](C)c2ccccc2)cc1OC. The molecule has 1 atom stereocenters. The van der Waals surface area contributed by atoms with E-state index in [1.165, 1.54) is 32.4 Å². The number of hydrogen-bond donors (Lipinski definition) is 1. The molecule has 0 radical (unpaired) electrons. The van der Waals surface area contributed by atoms with Crippen molar-refractivity contribution in [1.29, 1.82) is 0 Å². The van der Waals surface area contributed by atoms with Crippen molar-refractivity contribution in [1.82, 2.24) is 4.72 Å². The molecule has 0 saturated carbocycles. The topological polar surface area (TPSA) is 90.9 Å². The fourth-order valence-corrected chi connectivity index (χ4v) is 3.24. The molecule has 0 aliphatic rings. The fraction of sp³-hybridized carbons (Fsp3) is 0.278. The van der Waals surface area contributed by atoms with Crippen LogP contribution in [0.15, 0.2) is 53.4 Å². The Kier molecular flexibility index (Phi) is 6.59. The van der Waals surface area contributed by atoms with Gasteiger partial charge in [0, 0.05) is 6.07 Å². The molecule has 0 unspecified atom stereocenters. The first kappa shape index (κ1) is 19.7. The second kappa shape index (κ2) is 8.68. The van der Waals surface area contributed by atoms with Crippen LogP contribution in [0, 0.1) is 0 Å². The molecular weight excluding hydrogens is 358 g/mol. The highest BCUT2D eigenvalue weighted by atomic mass is 32.2. The Balaban J connectivity index is 2.00. The van der Waals surface area contributed by atoms with Crippen molar-refractivity contribution in [3.8, 4) is 11.5 Å². The van der Waals surface area contributed by atoms with Crippen molar-refractivity contribution in [2.45, 2.75) is 17.9 Å². The number of hydrogen-bond acceptors (Lipinski definition) is 6. The molecule has 0 aromatic heterocycles. The molecule has 26 heavy (non-hydrogen) atoms. The zero-order chi connectivity index (χ0) is 19.2. The van der Waals surface area contributed by atoms with E-state index in [1.54, 1.807) is 6.92 Å². The van der Waals surface area contributed by atoms with Gasteiger partial charge in [-0.15, -0.1) is 0 Å². The Bertz CT molecular complexity index is 851. The number of methoxy groups -OCH3 is 2. The molecule has 0 heterocycles. The fourth-order valence-electron chi connectivity index (χ4n) is 2.25. The van der Waals surface area contributed by atoms with Gasteiger partial charge in [0.05, 0.1) is 19.1 Å². The minimum absolute atomic E-state index is 0.0425. The maximum absolute atomic E-state index is 12.3. The minimum atomic E-state index is -3.90. The molecule has 2 aromatic carbocycles. The molecule has 0 aliphatic heterocycles. The third kappa shape index (κ3) is 4.96. The maximum Gasteiger partial charge on any atom is 0.321 e. The average molecular weight is 379 g/mol. The molecule has 0 bridgehead atoms. The van der Waals surface area contributed by atoms with Gasteiger partial charge in [-0.1, -0.05) is 30.3 Å². The Morgan fingerprint density at radius 2 is 1.69 bits per heavy atom. The summed E-state index contributed by atoms with van der Waals surface area (Å²) in [6.45, 7) is 1.24. The predicted octanol–water partition coefficient (Wildman–Crippen LogP) is 2.29. The second-order valence-corrected chi connectivity index (χ2v) is 7.15. The second-order valence-electron chi connectivity index (χ2n) is 5.38. The van der Waals surface area contributed by atoms with Crippen LogP contribution in [0.5, 0.6) is 11.5 Å². The molecule has 0 amide bonds. The quantitative estimate of drug-likeness (QED) is 0.708. The summed E-state index contributed by atoms with van der Waals surface area (Å²) in [5.41, 5.74) is 0.823. The van der Waals surface area contributed by atoms with Gasteiger partial charge in [-0.3, -0.25) is 4.79 Å². The van der Waals surface area contributed by atoms with Gasteiger partial charge in [0.2, 0.25) is 10.0 Å². The van der Waals surface area contributed by atoms with E-state index in [0.29, 0.717) is 5.75 Å². The van der Waals surface area contributed by atoms with Crippen LogP contribution >= 0.6 is 0 Å². The first-order valence-corrected chi connectivity index (χ1v) is 9.32. The summed E-state index contributed by atoms with van der Waals surface area (Å²) in [7, 11) is -1.04. The van der Waals surface area contributed by atoms with Crippen LogP contribution in [0.3, 0.4) is 0 Å². The first-order valence-electron chi connectivity index (χ1n) is 7.83. The third-order valence-corrected chi connectivity index (χ3v) is 5.05. The number of ether oxygens (including phenoxy) is 3. The van der Waals surface area contributed by atoms with E-state index < -0.39 is 28.6 Å². The molecule has 2 aromatic rings. The van der Waals surface area contributed by atoms with Crippen molar-refractivity contribution < 1.29 is 27.4 Å². The lowest BCUT2D eigenvalue weighted by Crippen LogP contribution is -2.31. The van der Waals surface area contributed by atoms with Gasteiger partial charge in [0.15, 0.2) is 11.5 Å². The Morgan fingerprint density at radius 1 is 1.04 bits per heavy atom. The third-order valence-electron chi connectivity index (χ3n) is 3.65. The van der Waals surface area contributed by atoms with Crippen molar-refractivity contribution >= 4 is 16.0 Å². The van der Waals surface area contributed by atoms with Gasteiger partial charge in [0.1, 0.15) is 12.6 Å². The van der Waals surface area contributed by atoms with E-state index >= 15 is 0 Å². The van der Waals surface area contributed by atoms with Crippen LogP contribution < -0.4 is 14.2 Å². The lowest BCUT2D eigenvalue weighted by molar-refractivity contribution is -0.147. The number of carbonyl (C=O) groups is 1. The number of carbonyl (C=O) groups excluding carboxylic acids is 1. The summed E-state index contributed by atoms with van der Waals surface area (Å²) in [6, 6.07) is 13.3. The predicted molar refractivity (Wildman–Crippen MR) is 95.7 cm³/mol. The molecule has 0 saturated heterocycles. The van der Waals surface area contributed by atoms with Crippen molar-refractivity contribution in [3.63, 3.8) is 0 Å². The lowest BCUT2D eigenvalue weighted by atomic mass is 10.1. The smallest absolute Gasteiger partial charge is 0.321 e. The highest BCUT2D eigenvalue weighted by Crippen LogP contribution is 2.29. The molecule has 8 heteroatoms. The van der Waals surface area contributed by atoms with Crippen LogP contribution in [0.1, 0.15) is 18.6 Å². The van der Waals surface area contributed by atoms with Crippen LogP contribution in [0.2, 0.25) is 0 Å². The van der Waals surface area contributed by atoms with E-state index in [0.717, 1.165) is 5.56 Å². The van der Waals surface area contributed by atoms with Crippen LogP contribution in [-0.4, -0.2) is 35.2 Å². The monoisotopic (exact) mass is 379 g/mol. The highest BCUT2D eigenvalue weighted by molar-refractivity contribution is 7.89. The maximum atomic E-state index is 12.3. The van der Waals surface area contributed by atoms with Gasteiger partial charge in [-0.25, -0.2) is 8.42 Å². The molecule has 1 N–H and O–H groups in total. The molecule has 140 valence electrons. The van der Waals surface area contributed by atoms with E-state index in [-0.39, 0.29) is 10.6 Å². The van der Waals surface area contributed by atoms with Crippen molar-refractivity contribution in [2.24, 2.45) is 0 Å². The van der Waals surface area contributed by atoms with E-state index in [2.05, 4.69) is 4.72 Å². The van der Waals surface area contributed by atoms with Crippen LogP contribution in [0.4, 0.5) is 0 Å². The first-order chi connectivity index (χ1) is 12.4. The zero-order valence-electron chi connectivity index (χ0n) is 14.8. The number of rotatable bonds is 8. The summed E-state index contributed by atoms with van der Waals surface area (Å²) in [4.78, 5) is 11.9. The van der Waals surface area contributed by atoms with E-state index in [1.807, 2.05) is 30.3 Å². The molecule has 0 aliphatic carbocycles. The van der Waals surface area contributed by atoms with E-state index in [9.17, 15) is 13.2 Å². The normalized spacial score (nSPS) is 12.3. The molecule has 0 spiro atoms. The molecule has 2 rings (SSSR count). The van der Waals surface area contributed by atoms with Gasteiger partial charge < -0.3 is 14.2 Å². The number of esters is 1. The van der Waals surface area contributed by atoms with Gasteiger partial charge in [0.25, 0.3) is 0 Å². The van der Waals surface area contributed by atoms with Crippen LogP contribution in [0.25, 0.3) is 0 Å². The number of sulfonamides is 1. The summed E-state index contributed by atoms with van der Waals surface area (Å²) in [5.74, 6) is 0.00333. The summed E-state index contributed by atoms with van der Waals surface area (Å²) in [5, 5.41) is 0. The van der Waals surface area contributed by atoms with Crippen molar-refractivity contribution in [2.75, 3.05) is 20.8 Å². The van der Waals surface area contributed by atoms with Gasteiger partial charge in [-0.2, -0.15) is 4.72 Å². The minimum Gasteiger partial charge on any atom is -0.493 e.